The van der Waals surface area contributed by atoms with Gasteiger partial charge in [0.2, 0.25) is 5.78 Å². The summed E-state index contributed by atoms with van der Waals surface area (Å²) < 4.78 is 0. The minimum absolute atomic E-state index is 0. The second-order valence-corrected chi connectivity index (χ2v) is 6.14. The number of fused-ring (bicyclic) bond motifs is 1. The van der Waals surface area contributed by atoms with Crippen molar-refractivity contribution in [3.8, 4) is 11.4 Å². The summed E-state index contributed by atoms with van der Waals surface area (Å²) in [6.07, 6.45) is 8.76. The number of pyridine rings is 2. The maximum atomic E-state index is 12.0. The number of carbonyl (C=O) groups excluding carboxylic acids is 1. The van der Waals surface area contributed by atoms with Crippen molar-refractivity contribution in [2.75, 3.05) is 14.1 Å². The van der Waals surface area contributed by atoms with Gasteiger partial charge in [-0.05, 0) is 42.7 Å². The number of nitrogens with zero attached hydrogens (tertiary/aromatic N) is 4. The number of hydrogen-bond donors (Lipinski definition) is 3. The van der Waals surface area contributed by atoms with E-state index in [0.717, 1.165) is 35.4 Å². The summed E-state index contributed by atoms with van der Waals surface area (Å²) in [7, 11) is 3.85. The summed E-state index contributed by atoms with van der Waals surface area (Å²) in [4.78, 5) is 22.2. The smallest absolute Gasteiger partial charge is 0.209 e. The number of Topliss-reactive ketones (excluding diaryl/α,β-unsaturated/α-hetero) is 1. The molecule has 0 fully saturated rings. The lowest BCUT2D eigenvalue weighted by molar-refractivity contribution is 0.101. The molecule has 0 spiro atoms. The standard InChI is InChI=1S/C12H14N2O.C8H7N3.CH4.H2N2.H2O.H2/c1-14(2)8-10-6-5-9-4-3-7-13-11(9)12(10)15;1-2-5-9-7(3-1)8-4-6-10-11-8;;1-2;;/h3-4,7-8H,5-6H2,1-2H3;1-6H,(H,10,11);1H4;1-2H;1H2;1H/b10-8-;;;;;. The van der Waals surface area contributed by atoms with Crippen LogP contribution in [0.3, 0.4) is 0 Å². The Bertz CT molecular complexity index is 916. The van der Waals surface area contributed by atoms with Gasteiger partial charge in [-0.2, -0.15) is 5.10 Å². The number of ketones is 1. The van der Waals surface area contributed by atoms with Crippen LogP contribution in [0.4, 0.5) is 0 Å². The zero-order valence-corrected chi connectivity index (χ0v) is 16.4. The predicted molar refractivity (Wildman–Crippen MR) is 118 cm³/mol. The minimum atomic E-state index is 0. The molecule has 0 atom stereocenters. The third kappa shape index (κ3) is 7.02. The van der Waals surface area contributed by atoms with E-state index < -0.39 is 0 Å². The molecular weight excluding hydrogens is 382 g/mol. The largest absolute Gasteiger partial charge is 0.412 e. The molecule has 0 aromatic carbocycles. The lowest BCUT2D eigenvalue weighted by atomic mass is 9.91. The lowest BCUT2D eigenvalue weighted by Crippen LogP contribution is -2.18. The van der Waals surface area contributed by atoms with Crippen LogP contribution in [0.15, 0.2) is 66.8 Å². The first-order chi connectivity index (χ1) is 13.6. The van der Waals surface area contributed by atoms with Crippen LogP contribution in [0.5, 0.6) is 0 Å². The molecule has 3 heterocycles. The van der Waals surface area contributed by atoms with Crippen LogP contribution in [-0.2, 0) is 6.42 Å². The molecule has 9 nitrogen and oxygen atoms in total. The number of rotatable bonds is 2. The Kier molecular flexibility index (Phi) is 11.8. The van der Waals surface area contributed by atoms with Gasteiger partial charge in [0.15, 0.2) is 0 Å². The molecule has 0 bridgehead atoms. The number of aryl methyl sites for hydroxylation is 1. The van der Waals surface area contributed by atoms with Gasteiger partial charge >= 0.3 is 0 Å². The average Bonchev–Trinajstić information content (AvgIpc) is 3.28. The van der Waals surface area contributed by atoms with E-state index in [1.54, 1.807) is 18.6 Å². The second kappa shape index (κ2) is 13.5. The topological polar surface area (TPSA) is 154 Å². The third-order valence-corrected chi connectivity index (χ3v) is 3.92. The molecule has 1 aliphatic carbocycles. The Morgan fingerprint density at radius 1 is 1.03 bits per heavy atom. The highest BCUT2D eigenvalue weighted by atomic mass is 16.1. The molecule has 0 saturated carbocycles. The summed E-state index contributed by atoms with van der Waals surface area (Å²) in [6, 6.07) is 11.5. The van der Waals surface area contributed by atoms with E-state index in [1.165, 1.54) is 0 Å². The Hall–Kier alpha value is -3.72. The average molecular weight is 414 g/mol. The van der Waals surface area contributed by atoms with Gasteiger partial charge in [-0.3, -0.25) is 19.9 Å². The summed E-state index contributed by atoms with van der Waals surface area (Å²) >= 11 is 0. The van der Waals surface area contributed by atoms with Crippen molar-refractivity contribution in [3.05, 3.63) is 78.0 Å². The molecule has 0 aliphatic heterocycles. The van der Waals surface area contributed by atoms with Crippen molar-refractivity contribution in [3.63, 3.8) is 0 Å². The first-order valence-electron chi connectivity index (χ1n) is 8.66. The van der Waals surface area contributed by atoms with Gasteiger partial charge < -0.3 is 10.4 Å². The number of hydrogen-bond acceptors (Lipinski definition) is 7. The van der Waals surface area contributed by atoms with Crippen LogP contribution in [0, 0.1) is 11.1 Å². The Morgan fingerprint density at radius 2 is 1.77 bits per heavy atom. The van der Waals surface area contributed by atoms with Gasteiger partial charge in [0.25, 0.3) is 0 Å². The number of carbonyl (C=O) groups is 1. The molecule has 0 radical (unpaired) electrons. The summed E-state index contributed by atoms with van der Waals surface area (Å²) in [5.74, 6) is 0.0746. The van der Waals surface area contributed by atoms with Crippen LogP contribution in [0.1, 0.15) is 31.3 Å². The van der Waals surface area contributed by atoms with Crippen LogP contribution in [-0.4, -0.2) is 50.4 Å². The van der Waals surface area contributed by atoms with Crippen molar-refractivity contribution in [1.82, 2.24) is 25.1 Å². The van der Waals surface area contributed by atoms with Gasteiger partial charge in [-0.15, -0.1) is 0 Å². The molecule has 0 amide bonds. The first kappa shape index (κ1) is 26.3. The maximum absolute atomic E-state index is 12.0. The third-order valence-electron chi connectivity index (χ3n) is 3.92. The zero-order chi connectivity index (χ0) is 20.4. The van der Waals surface area contributed by atoms with Crippen molar-refractivity contribution < 1.29 is 11.7 Å². The molecule has 5 N–H and O–H groups in total. The summed E-state index contributed by atoms with van der Waals surface area (Å²) in [5.41, 5.74) is 14.4. The lowest BCUT2D eigenvalue weighted by Gasteiger charge is -2.17. The fraction of sp³-hybridized carbons (Fsp3) is 0.238. The SMILES string of the molecule is C.CN(C)/C=C1/CCc2cccnc2C1=O.N=N.O.[HH].c1ccc(-c2ccn[nH]2)nc1. The van der Waals surface area contributed by atoms with Gasteiger partial charge in [0.05, 0.1) is 11.4 Å². The van der Waals surface area contributed by atoms with Gasteiger partial charge in [0.1, 0.15) is 5.69 Å². The highest BCUT2D eigenvalue weighted by Crippen LogP contribution is 2.23. The zero-order valence-electron chi connectivity index (χ0n) is 16.4. The van der Waals surface area contributed by atoms with Crippen LogP contribution < -0.4 is 0 Å². The number of aromatic amines is 1. The van der Waals surface area contributed by atoms with Crippen LogP contribution in [0.2, 0.25) is 0 Å². The van der Waals surface area contributed by atoms with Crippen LogP contribution >= 0.6 is 0 Å². The number of allylic oxidation sites excluding steroid dienone is 1. The second-order valence-electron chi connectivity index (χ2n) is 6.14. The highest BCUT2D eigenvalue weighted by molar-refractivity contribution is 6.09. The molecular formula is C21H31N7O2. The van der Waals surface area contributed by atoms with E-state index in [0.29, 0.717) is 5.69 Å². The van der Waals surface area contributed by atoms with Crippen molar-refractivity contribution in [2.24, 2.45) is 0 Å². The van der Waals surface area contributed by atoms with E-state index in [2.05, 4.69) is 20.2 Å². The molecule has 3 aromatic heterocycles. The Labute approximate surface area is 178 Å². The molecule has 3 aromatic rings. The van der Waals surface area contributed by atoms with E-state index >= 15 is 0 Å². The monoisotopic (exact) mass is 413 g/mol. The molecule has 0 saturated heterocycles. The molecule has 30 heavy (non-hydrogen) atoms. The molecule has 162 valence electrons. The van der Waals surface area contributed by atoms with Gasteiger partial charge in [-0.1, -0.05) is 19.6 Å². The fourth-order valence-corrected chi connectivity index (χ4v) is 2.74. The summed E-state index contributed by atoms with van der Waals surface area (Å²) in [5, 5.41) is 6.67. The molecule has 4 rings (SSSR count). The maximum Gasteiger partial charge on any atom is 0.209 e. The molecule has 9 heteroatoms. The minimum Gasteiger partial charge on any atom is -0.412 e. The van der Waals surface area contributed by atoms with Crippen molar-refractivity contribution >= 4 is 5.78 Å². The normalized spacial score (nSPS) is 12.6. The summed E-state index contributed by atoms with van der Waals surface area (Å²) in [6.45, 7) is 0. The quantitative estimate of drug-likeness (QED) is 0.431. The van der Waals surface area contributed by atoms with Crippen molar-refractivity contribution in [1.29, 1.82) is 11.1 Å². The van der Waals surface area contributed by atoms with E-state index in [-0.39, 0.29) is 20.1 Å². The number of nitrogens with one attached hydrogen (secondary N) is 3. The highest BCUT2D eigenvalue weighted by Gasteiger charge is 2.22. The van der Waals surface area contributed by atoms with Crippen molar-refractivity contribution in [2.45, 2.75) is 20.3 Å². The predicted octanol–water partition coefficient (Wildman–Crippen LogP) is 3.78. The number of aromatic nitrogens is 4. The van der Waals surface area contributed by atoms with E-state index in [9.17, 15) is 4.79 Å². The van der Waals surface area contributed by atoms with E-state index in [4.69, 9.17) is 11.1 Å². The van der Waals surface area contributed by atoms with Gasteiger partial charge in [-0.25, -0.2) is 11.1 Å². The van der Waals surface area contributed by atoms with E-state index in [1.807, 2.05) is 61.6 Å². The Balaban J connectivity index is 0. The molecule has 1 aliphatic rings. The number of H-pyrrole nitrogens is 1. The Morgan fingerprint density at radius 3 is 2.37 bits per heavy atom. The van der Waals surface area contributed by atoms with Gasteiger partial charge in [0, 0.05) is 45.9 Å². The first-order valence-corrected chi connectivity index (χ1v) is 8.66. The molecule has 0 unspecified atom stereocenters. The fourth-order valence-electron chi connectivity index (χ4n) is 2.74. The van der Waals surface area contributed by atoms with Crippen LogP contribution in [0.25, 0.3) is 11.4 Å².